The van der Waals surface area contributed by atoms with E-state index in [9.17, 15) is 14.7 Å². The quantitative estimate of drug-likeness (QED) is 0.450. The first-order valence-corrected chi connectivity index (χ1v) is 5.25. The molecule has 0 spiro atoms. The van der Waals surface area contributed by atoms with Crippen LogP contribution >= 0.6 is 0 Å². The first-order chi connectivity index (χ1) is 8.54. The summed E-state index contributed by atoms with van der Waals surface area (Å²) in [7, 11) is 0. The lowest BCUT2D eigenvalue weighted by atomic mass is 10.3. The molecule has 0 aliphatic carbocycles. The Morgan fingerprint density at radius 3 is 2.89 bits per heavy atom. The summed E-state index contributed by atoms with van der Waals surface area (Å²) in [5, 5.41) is 23.6. The summed E-state index contributed by atoms with van der Waals surface area (Å²) >= 11 is 0. The zero-order valence-electron chi connectivity index (χ0n) is 9.30. The number of β-amino-alcohol motifs (C(OH)–C–C–N with tert-alkyl or cyclic N) is 1. The predicted molar refractivity (Wildman–Crippen MR) is 64.0 cm³/mol. The van der Waals surface area contributed by atoms with Gasteiger partial charge in [-0.2, -0.15) is 0 Å². The van der Waals surface area contributed by atoms with Crippen molar-refractivity contribution in [2.75, 3.05) is 18.4 Å². The maximum Gasteiger partial charge on any atom is 0.352 e. The summed E-state index contributed by atoms with van der Waals surface area (Å²) < 4.78 is 0. The molecule has 1 atom stereocenters. The minimum absolute atomic E-state index is 0.207. The van der Waals surface area contributed by atoms with Crippen LogP contribution in [0, 0.1) is 0 Å². The Labute approximate surface area is 101 Å². The van der Waals surface area contributed by atoms with E-state index in [0.29, 0.717) is 12.5 Å². The first kappa shape index (κ1) is 12.1. The Morgan fingerprint density at radius 1 is 1.50 bits per heavy atom. The molecule has 0 aromatic carbocycles. The van der Waals surface area contributed by atoms with E-state index in [0.717, 1.165) is 6.07 Å². The predicted octanol–water partition coefficient (Wildman–Crippen LogP) is -1.19. The molecule has 1 unspecified atom stereocenters. The maximum absolute atomic E-state index is 11.3. The molecule has 0 bridgehead atoms. The molecule has 5 N–H and O–H groups in total. The van der Waals surface area contributed by atoms with E-state index < -0.39 is 17.5 Å². The Hall–Kier alpha value is -2.35. The number of aromatic amines is 1. The van der Waals surface area contributed by atoms with Crippen LogP contribution < -0.4 is 16.1 Å². The first-order valence-electron chi connectivity index (χ1n) is 5.25. The molecule has 2 rings (SSSR count). The number of guanidine groups is 1. The number of anilines is 1. The maximum atomic E-state index is 11.3. The lowest BCUT2D eigenvalue weighted by Crippen LogP contribution is -2.42. The summed E-state index contributed by atoms with van der Waals surface area (Å²) in [5.41, 5.74) is -0.633. The van der Waals surface area contributed by atoms with Crippen molar-refractivity contribution in [3.63, 3.8) is 0 Å². The molecule has 2 heterocycles. The number of H-pyrrole nitrogens is 1. The van der Waals surface area contributed by atoms with Gasteiger partial charge in [0.05, 0.1) is 12.6 Å². The van der Waals surface area contributed by atoms with Gasteiger partial charge >= 0.3 is 5.97 Å². The van der Waals surface area contributed by atoms with Crippen LogP contribution in [0.15, 0.2) is 21.9 Å². The molecule has 8 nitrogen and oxygen atoms in total. The van der Waals surface area contributed by atoms with Gasteiger partial charge < -0.3 is 25.8 Å². The Kier molecular flexibility index (Phi) is 3.28. The second-order valence-corrected chi connectivity index (χ2v) is 3.80. The van der Waals surface area contributed by atoms with Crippen LogP contribution in [0.4, 0.5) is 5.82 Å². The van der Waals surface area contributed by atoms with Crippen LogP contribution in [0.5, 0.6) is 0 Å². The van der Waals surface area contributed by atoms with Crippen LogP contribution in [0.3, 0.4) is 0 Å². The molecule has 1 aromatic heterocycles. The highest BCUT2D eigenvalue weighted by molar-refractivity contribution is 5.94. The number of aliphatic hydroxyl groups excluding tert-OH is 1. The van der Waals surface area contributed by atoms with Gasteiger partial charge in [0, 0.05) is 18.7 Å². The van der Waals surface area contributed by atoms with Crippen molar-refractivity contribution in [2.24, 2.45) is 4.99 Å². The molecular formula is C10H12N4O4. The van der Waals surface area contributed by atoms with E-state index in [1.54, 1.807) is 0 Å². The van der Waals surface area contributed by atoms with Gasteiger partial charge in [0.2, 0.25) is 0 Å². The normalized spacial score (nSPS) is 18.7. The monoisotopic (exact) mass is 252 g/mol. The standard InChI is InChI=1S/C10H12N4O4/c15-5-1-7(9(17)18)13-8(2-5)14-10-11-3-6(16)4-12-10/h1-2,6,16H,3-4H2,(H,17,18)(H3,11,12,13,14,15). The van der Waals surface area contributed by atoms with Crippen molar-refractivity contribution < 1.29 is 15.0 Å². The number of aromatic carboxylic acids is 1. The topological polar surface area (TPSA) is 127 Å². The average Bonchev–Trinajstić information content (AvgIpc) is 2.31. The fourth-order valence-corrected chi connectivity index (χ4v) is 1.47. The van der Waals surface area contributed by atoms with Gasteiger partial charge in [-0.1, -0.05) is 0 Å². The number of rotatable bonds is 2. The third kappa shape index (κ3) is 2.86. The number of hydrogen-bond donors (Lipinski definition) is 5. The average molecular weight is 252 g/mol. The zero-order valence-corrected chi connectivity index (χ0v) is 9.30. The number of carboxylic acids is 1. The molecule has 1 aliphatic rings. The molecule has 0 saturated carbocycles. The van der Waals surface area contributed by atoms with Crippen LogP contribution in [0.25, 0.3) is 0 Å². The highest BCUT2D eigenvalue weighted by Crippen LogP contribution is 2.02. The third-order valence-electron chi connectivity index (χ3n) is 2.29. The Morgan fingerprint density at radius 2 is 2.28 bits per heavy atom. The van der Waals surface area contributed by atoms with Crippen molar-refractivity contribution in [3.8, 4) is 0 Å². The van der Waals surface area contributed by atoms with Crippen molar-refractivity contribution in [1.29, 1.82) is 0 Å². The molecule has 1 aromatic rings. The lowest BCUT2D eigenvalue weighted by Gasteiger charge is -2.19. The van der Waals surface area contributed by atoms with E-state index in [1.165, 1.54) is 6.07 Å². The highest BCUT2D eigenvalue weighted by Gasteiger charge is 2.13. The number of pyridine rings is 1. The third-order valence-corrected chi connectivity index (χ3v) is 2.29. The molecule has 0 saturated heterocycles. The molecule has 1 aliphatic heterocycles. The lowest BCUT2D eigenvalue weighted by molar-refractivity contribution is 0.0690. The van der Waals surface area contributed by atoms with Gasteiger partial charge in [0.1, 0.15) is 11.5 Å². The number of carboxylic acid groups (broad SMARTS) is 1. The van der Waals surface area contributed by atoms with Gasteiger partial charge in [-0.25, -0.2) is 4.79 Å². The summed E-state index contributed by atoms with van der Waals surface area (Å²) in [6.07, 6.45) is -0.542. The summed E-state index contributed by atoms with van der Waals surface area (Å²) in [6.45, 7) is 0.590. The number of nitrogens with one attached hydrogen (secondary N) is 3. The minimum Gasteiger partial charge on any atom is -0.477 e. The zero-order chi connectivity index (χ0) is 13.1. The Bertz CT molecular complexity index is 551. The van der Waals surface area contributed by atoms with Gasteiger partial charge in [0.25, 0.3) is 0 Å². The second-order valence-electron chi connectivity index (χ2n) is 3.80. The van der Waals surface area contributed by atoms with E-state index in [4.69, 9.17) is 5.11 Å². The van der Waals surface area contributed by atoms with Crippen LogP contribution in [-0.4, -0.2) is 46.3 Å². The number of nitrogens with zero attached hydrogens (tertiary/aromatic N) is 1. The number of carbonyl (C=O) groups is 1. The molecule has 0 fully saturated rings. The second kappa shape index (κ2) is 4.88. The number of aliphatic imine (C=N–C) groups is 1. The molecule has 0 radical (unpaired) electrons. The largest absolute Gasteiger partial charge is 0.477 e. The number of hydrogen-bond acceptors (Lipinski definition) is 6. The van der Waals surface area contributed by atoms with Crippen molar-refractivity contribution in [3.05, 3.63) is 28.0 Å². The van der Waals surface area contributed by atoms with Gasteiger partial charge in [-0.3, -0.25) is 9.79 Å². The van der Waals surface area contributed by atoms with E-state index >= 15 is 0 Å². The van der Waals surface area contributed by atoms with Crippen molar-refractivity contribution in [1.82, 2.24) is 10.3 Å². The summed E-state index contributed by atoms with van der Waals surface area (Å²) in [6, 6.07) is 2.22. The fourth-order valence-electron chi connectivity index (χ4n) is 1.47. The van der Waals surface area contributed by atoms with E-state index in [-0.39, 0.29) is 18.1 Å². The number of aromatic nitrogens is 1. The molecule has 8 heteroatoms. The van der Waals surface area contributed by atoms with Crippen LogP contribution in [-0.2, 0) is 0 Å². The van der Waals surface area contributed by atoms with Gasteiger partial charge in [-0.05, 0) is 0 Å². The summed E-state index contributed by atoms with van der Waals surface area (Å²) in [5.74, 6) is -0.620. The fraction of sp³-hybridized carbons (Fsp3) is 0.300. The number of aliphatic hydroxyl groups is 1. The SMILES string of the molecule is O=C(O)c1cc(=O)cc(NC2=NCC(O)CN2)[nH]1. The van der Waals surface area contributed by atoms with Gasteiger partial charge in [-0.15, -0.1) is 0 Å². The van der Waals surface area contributed by atoms with Crippen molar-refractivity contribution >= 4 is 17.7 Å². The van der Waals surface area contributed by atoms with Crippen molar-refractivity contribution in [2.45, 2.75) is 6.10 Å². The smallest absolute Gasteiger partial charge is 0.352 e. The Balaban J connectivity index is 2.19. The van der Waals surface area contributed by atoms with E-state index in [1.807, 2.05) is 0 Å². The molecule has 96 valence electrons. The summed E-state index contributed by atoms with van der Waals surface area (Å²) in [4.78, 5) is 28.6. The highest BCUT2D eigenvalue weighted by atomic mass is 16.4. The van der Waals surface area contributed by atoms with Gasteiger partial charge in [0.15, 0.2) is 11.4 Å². The van der Waals surface area contributed by atoms with Crippen LogP contribution in [0.2, 0.25) is 0 Å². The molecule has 18 heavy (non-hydrogen) atoms. The van der Waals surface area contributed by atoms with E-state index in [2.05, 4.69) is 20.6 Å². The minimum atomic E-state index is -1.22. The van der Waals surface area contributed by atoms with Crippen LogP contribution in [0.1, 0.15) is 10.5 Å². The molecule has 0 amide bonds. The molecular weight excluding hydrogens is 240 g/mol.